The maximum atomic E-state index is 12.8. The van der Waals surface area contributed by atoms with Crippen molar-refractivity contribution in [3.63, 3.8) is 0 Å². The van der Waals surface area contributed by atoms with Gasteiger partial charge in [0.25, 0.3) is 0 Å². The van der Waals surface area contributed by atoms with Crippen LogP contribution in [0.4, 0.5) is 13.2 Å². The highest BCUT2D eigenvalue weighted by Gasteiger charge is 2.35. The average Bonchev–Trinajstić information content (AvgIpc) is 2.36. The molecule has 0 aliphatic rings. The molecule has 0 aliphatic carbocycles. The first-order valence-corrected chi connectivity index (χ1v) is 5.35. The highest BCUT2D eigenvalue weighted by molar-refractivity contribution is 5.74. The molecule has 0 aliphatic heterocycles. The summed E-state index contributed by atoms with van der Waals surface area (Å²) in [7, 11) is 1.11. The fraction of sp³-hybridized carbons (Fsp3) is 0.417. The van der Waals surface area contributed by atoms with E-state index in [0.29, 0.717) is 0 Å². The summed E-state index contributed by atoms with van der Waals surface area (Å²) in [5.74, 6) is -1.26. The minimum atomic E-state index is -4.64. The van der Waals surface area contributed by atoms with Gasteiger partial charge in [-0.05, 0) is 24.6 Å². The van der Waals surface area contributed by atoms with Crippen LogP contribution in [-0.2, 0) is 22.3 Å². The van der Waals surface area contributed by atoms with E-state index in [2.05, 4.69) is 4.74 Å². The highest BCUT2D eigenvalue weighted by Crippen LogP contribution is 2.37. The molecule has 0 radical (unpaired) electrons. The molecule has 0 fully saturated rings. The number of benzene rings is 1. The molecule has 0 aromatic heterocycles. The van der Waals surface area contributed by atoms with Gasteiger partial charge in [-0.25, -0.2) is 4.79 Å². The maximum Gasteiger partial charge on any atom is 0.419 e. The van der Waals surface area contributed by atoms with Crippen molar-refractivity contribution in [3.8, 4) is 5.75 Å². The van der Waals surface area contributed by atoms with Crippen LogP contribution in [0, 0.1) is 0 Å². The van der Waals surface area contributed by atoms with Crippen LogP contribution in [0.3, 0.4) is 0 Å². The van der Waals surface area contributed by atoms with E-state index in [0.717, 1.165) is 19.2 Å². The lowest BCUT2D eigenvalue weighted by Crippen LogP contribution is -2.26. The number of alkyl halides is 3. The molecule has 0 heterocycles. The van der Waals surface area contributed by atoms with Crippen LogP contribution in [0.25, 0.3) is 0 Å². The minimum Gasteiger partial charge on any atom is -0.478 e. The number of halogens is 3. The summed E-state index contributed by atoms with van der Waals surface area (Å²) in [6.45, 7) is 0.766. The first-order chi connectivity index (χ1) is 8.79. The van der Waals surface area contributed by atoms with Gasteiger partial charge in [0.05, 0.1) is 19.3 Å². The second-order valence-corrected chi connectivity index (χ2v) is 3.77. The standard InChI is InChI=1S/C12H13F3O4/c1-7(11(17)18-2)19-10-4-3-8(6-16)5-9(10)12(13,14)15/h3-5,7,16H,6H2,1-2H3. The van der Waals surface area contributed by atoms with Crippen LogP contribution in [-0.4, -0.2) is 24.3 Å². The molecule has 4 nitrogen and oxygen atoms in total. The second kappa shape index (κ2) is 5.92. The Labute approximate surface area is 107 Å². The van der Waals surface area contributed by atoms with Crippen molar-refractivity contribution in [3.05, 3.63) is 29.3 Å². The molecule has 0 amide bonds. The lowest BCUT2D eigenvalue weighted by molar-refractivity contribution is -0.150. The van der Waals surface area contributed by atoms with Gasteiger partial charge in [0.1, 0.15) is 5.75 Å². The third-order valence-corrected chi connectivity index (χ3v) is 2.37. The van der Waals surface area contributed by atoms with Crippen molar-refractivity contribution >= 4 is 5.97 Å². The fourth-order valence-electron chi connectivity index (χ4n) is 1.40. The second-order valence-electron chi connectivity index (χ2n) is 3.77. The van der Waals surface area contributed by atoms with Crippen LogP contribution < -0.4 is 4.74 Å². The predicted octanol–water partition coefficient (Wildman–Crippen LogP) is 2.14. The van der Waals surface area contributed by atoms with E-state index in [9.17, 15) is 18.0 Å². The smallest absolute Gasteiger partial charge is 0.419 e. The maximum absolute atomic E-state index is 12.8. The van der Waals surface area contributed by atoms with Gasteiger partial charge in [0, 0.05) is 0 Å². The number of carbonyl (C=O) groups is 1. The molecule has 106 valence electrons. The number of rotatable bonds is 4. The Morgan fingerprint density at radius 3 is 2.53 bits per heavy atom. The van der Waals surface area contributed by atoms with E-state index in [4.69, 9.17) is 9.84 Å². The van der Waals surface area contributed by atoms with Gasteiger partial charge in [0.2, 0.25) is 0 Å². The van der Waals surface area contributed by atoms with Gasteiger partial charge in [-0.3, -0.25) is 0 Å². The molecule has 1 N–H and O–H groups in total. The van der Waals surface area contributed by atoms with Gasteiger partial charge in [-0.1, -0.05) is 6.07 Å². The topological polar surface area (TPSA) is 55.8 Å². The van der Waals surface area contributed by atoms with E-state index < -0.39 is 36.2 Å². The summed E-state index contributed by atoms with van der Waals surface area (Å²) in [5, 5.41) is 8.84. The summed E-state index contributed by atoms with van der Waals surface area (Å²) < 4.78 is 47.8. The van der Waals surface area contributed by atoms with Crippen LogP contribution in [0.1, 0.15) is 18.1 Å². The number of hydrogen-bond donors (Lipinski definition) is 1. The fourth-order valence-corrected chi connectivity index (χ4v) is 1.40. The quantitative estimate of drug-likeness (QED) is 0.857. The third-order valence-electron chi connectivity index (χ3n) is 2.37. The Morgan fingerprint density at radius 2 is 2.05 bits per heavy atom. The Hall–Kier alpha value is -1.76. The summed E-state index contributed by atoms with van der Waals surface area (Å²) in [5.41, 5.74) is -0.944. The number of aliphatic hydroxyl groups is 1. The van der Waals surface area contributed by atoms with Crippen LogP contribution >= 0.6 is 0 Å². The molecular formula is C12H13F3O4. The first kappa shape index (κ1) is 15.3. The highest BCUT2D eigenvalue weighted by atomic mass is 19.4. The minimum absolute atomic E-state index is 0.102. The van der Waals surface area contributed by atoms with Crippen molar-refractivity contribution in [2.45, 2.75) is 25.8 Å². The zero-order chi connectivity index (χ0) is 14.6. The van der Waals surface area contributed by atoms with Gasteiger partial charge in [0.15, 0.2) is 6.10 Å². The van der Waals surface area contributed by atoms with Crippen molar-refractivity contribution in [2.75, 3.05) is 7.11 Å². The number of aliphatic hydroxyl groups excluding tert-OH is 1. The molecule has 7 heteroatoms. The zero-order valence-electron chi connectivity index (χ0n) is 10.3. The SMILES string of the molecule is COC(=O)C(C)Oc1ccc(CO)cc1C(F)(F)F. The van der Waals surface area contributed by atoms with Crippen LogP contribution in [0.5, 0.6) is 5.75 Å². The van der Waals surface area contributed by atoms with Gasteiger partial charge in [-0.15, -0.1) is 0 Å². The third kappa shape index (κ3) is 3.85. The van der Waals surface area contributed by atoms with Crippen molar-refractivity contribution < 1.29 is 32.5 Å². The number of ether oxygens (including phenoxy) is 2. The van der Waals surface area contributed by atoms with Gasteiger partial charge >= 0.3 is 12.1 Å². The summed E-state index contributed by atoms with van der Waals surface area (Å²) in [4.78, 5) is 11.1. The molecular weight excluding hydrogens is 265 g/mol. The largest absolute Gasteiger partial charge is 0.478 e. The van der Waals surface area contributed by atoms with E-state index in [1.54, 1.807) is 0 Å². The number of methoxy groups -OCH3 is 1. The van der Waals surface area contributed by atoms with E-state index in [1.807, 2.05) is 0 Å². The number of hydrogen-bond acceptors (Lipinski definition) is 4. The van der Waals surface area contributed by atoms with Gasteiger partial charge in [-0.2, -0.15) is 13.2 Å². The Kier molecular flexibility index (Phi) is 4.77. The lowest BCUT2D eigenvalue weighted by atomic mass is 10.1. The molecule has 1 atom stereocenters. The molecule has 0 bridgehead atoms. The Morgan fingerprint density at radius 1 is 1.42 bits per heavy atom. The molecule has 1 unspecified atom stereocenters. The van der Waals surface area contributed by atoms with E-state index in [1.165, 1.54) is 13.0 Å². The molecule has 1 aromatic carbocycles. The lowest BCUT2D eigenvalue weighted by Gasteiger charge is -2.17. The van der Waals surface area contributed by atoms with Crippen molar-refractivity contribution in [1.29, 1.82) is 0 Å². The zero-order valence-corrected chi connectivity index (χ0v) is 10.3. The normalized spacial score (nSPS) is 12.9. The molecule has 0 spiro atoms. The molecule has 0 saturated heterocycles. The summed E-state index contributed by atoms with van der Waals surface area (Å²) in [6, 6.07) is 3.13. The number of esters is 1. The number of carbonyl (C=O) groups excluding carboxylic acids is 1. The van der Waals surface area contributed by atoms with E-state index >= 15 is 0 Å². The molecule has 0 saturated carbocycles. The molecule has 1 rings (SSSR count). The monoisotopic (exact) mass is 278 g/mol. The summed E-state index contributed by atoms with van der Waals surface area (Å²) in [6.07, 6.45) is -5.80. The predicted molar refractivity (Wildman–Crippen MR) is 59.5 cm³/mol. The summed E-state index contributed by atoms with van der Waals surface area (Å²) >= 11 is 0. The van der Waals surface area contributed by atoms with Crippen molar-refractivity contribution in [1.82, 2.24) is 0 Å². The van der Waals surface area contributed by atoms with Crippen LogP contribution in [0.2, 0.25) is 0 Å². The molecule has 1 aromatic rings. The van der Waals surface area contributed by atoms with E-state index in [-0.39, 0.29) is 5.56 Å². The Bertz CT molecular complexity index is 457. The van der Waals surface area contributed by atoms with Gasteiger partial charge < -0.3 is 14.6 Å². The first-order valence-electron chi connectivity index (χ1n) is 5.35. The average molecular weight is 278 g/mol. The van der Waals surface area contributed by atoms with Crippen molar-refractivity contribution in [2.24, 2.45) is 0 Å². The molecule has 19 heavy (non-hydrogen) atoms. The Balaban J connectivity index is 3.10. The van der Waals surface area contributed by atoms with Crippen LogP contribution in [0.15, 0.2) is 18.2 Å².